The predicted molar refractivity (Wildman–Crippen MR) is 92.7 cm³/mol. The van der Waals surface area contributed by atoms with Gasteiger partial charge in [0.25, 0.3) is 0 Å². The number of pyridine rings is 1. The van der Waals surface area contributed by atoms with Crippen LogP contribution >= 0.6 is 0 Å². The van der Waals surface area contributed by atoms with E-state index in [-0.39, 0.29) is 17.0 Å². The summed E-state index contributed by atoms with van der Waals surface area (Å²) in [4.78, 5) is 25.0. The number of carboxylic acid groups (broad SMARTS) is 2. The molecule has 3 rings (SSSR count). The number of benzene rings is 2. The molecule has 0 bridgehead atoms. The molecule has 0 spiro atoms. The van der Waals surface area contributed by atoms with Crippen molar-refractivity contribution in [1.29, 1.82) is 0 Å². The molecule has 3 aromatic rings. The van der Waals surface area contributed by atoms with Crippen LogP contribution in [0, 0.1) is 5.82 Å². The van der Waals surface area contributed by atoms with Gasteiger partial charge in [-0.05, 0) is 42.5 Å². The first kappa shape index (κ1) is 19.4. The van der Waals surface area contributed by atoms with E-state index in [2.05, 4.69) is 4.98 Å². The van der Waals surface area contributed by atoms with Gasteiger partial charge in [0.2, 0.25) is 5.88 Å². The number of carboxylic acids is 2. The Kier molecular flexibility index (Phi) is 6.43. The van der Waals surface area contributed by atoms with Gasteiger partial charge in [-0.3, -0.25) is 0 Å². The highest BCUT2D eigenvalue weighted by Gasteiger charge is 2.12. The quantitative estimate of drug-likeness (QED) is 0.638. The van der Waals surface area contributed by atoms with Crippen molar-refractivity contribution in [2.75, 3.05) is 0 Å². The molecule has 0 saturated carbocycles. The number of hydrogen-bond acceptors (Lipinski definition) is 5. The van der Waals surface area contributed by atoms with E-state index < -0.39 is 23.5 Å². The minimum atomic E-state index is -1.19. The van der Waals surface area contributed by atoms with Crippen molar-refractivity contribution < 1.29 is 34.0 Å². The first-order valence-corrected chi connectivity index (χ1v) is 7.51. The van der Waals surface area contributed by atoms with E-state index >= 15 is 0 Å². The molecular formula is C19H14FNO6. The van der Waals surface area contributed by atoms with E-state index in [9.17, 15) is 14.0 Å². The second-order valence-corrected chi connectivity index (χ2v) is 5.05. The van der Waals surface area contributed by atoms with Crippen LogP contribution in [0.1, 0.15) is 20.7 Å². The van der Waals surface area contributed by atoms with E-state index in [1.807, 2.05) is 6.07 Å². The van der Waals surface area contributed by atoms with E-state index in [0.717, 1.165) is 18.2 Å². The molecule has 0 saturated heterocycles. The Hall–Kier alpha value is -3.94. The minimum absolute atomic E-state index is 0.0475. The fourth-order valence-corrected chi connectivity index (χ4v) is 1.88. The van der Waals surface area contributed by atoms with Crippen molar-refractivity contribution in [3.8, 4) is 17.4 Å². The van der Waals surface area contributed by atoms with Gasteiger partial charge in [0.1, 0.15) is 11.3 Å². The number of phenols is 1. The number of hydrogen-bond donors (Lipinski definition) is 3. The van der Waals surface area contributed by atoms with Gasteiger partial charge in [-0.15, -0.1) is 0 Å². The molecule has 0 unspecified atom stereocenters. The maximum Gasteiger partial charge on any atom is 0.341 e. The van der Waals surface area contributed by atoms with Crippen molar-refractivity contribution in [3.63, 3.8) is 0 Å². The molecule has 7 nitrogen and oxygen atoms in total. The lowest BCUT2D eigenvalue weighted by Gasteiger charge is -2.06. The highest BCUT2D eigenvalue weighted by Crippen LogP contribution is 2.22. The van der Waals surface area contributed by atoms with Crippen LogP contribution in [-0.4, -0.2) is 32.2 Å². The van der Waals surface area contributed by atoms with Crippen molar-refractivity contribution in [1.82, 2.24) is 4.98 Å². The Bertz CT molecular complexity index is 946. The van der Waals surface area contributed by atoms with Crippen LogP contribution in [0.25, 0.3) is 0 Å². The summed E-state index contributed by atoms with van der Waals surface area (Å²) in [5.41, 5.74) is -0.0877. The number of ether oxygens (including phenoxy) is 1. The van der Waals surface area contributed by atoms with Crippen molar-refractivity contribution >= 4 is 11.9 Å². The van der Waals surface area contributed by atoms with Crippen LogP contribution in [0.2, 0.25) is 0 Å². The lowest BCUT2D eigenvalue weighted by atomic mass is 10.2. The molecule has 0 aliphatic carbocycles. The molecule has 0 radical (unpaired) electrons. The molecule has 138 valence electrons. The Labute approximate surface area is 152 Å². The second-order valence-electron chi connectivity index (χ2n) is 5.05. The van der Waals surface area contributed by atoms with E-state index in [4.69, 9.17) is 20.1 Å². The van der Waals surface area contributed by atoms with Gasteiger partial charge in [-0.1, -0.05) is 18.2 Å². The summed E-state index contributed by atoms with van der Waals surface area (Å²) in [7, 11) is 0. The Morgan fingerprint density at radius 1 is 0.926 bits per heavy atom. The molecule has 1 aromatic heterocycles. The SMILES string of the molecule is O=C(O)c1ccc(F)c(O)c1.O=C(O)c1cccnc1Oc1ccccc1. The zero-order chi connectivity index (χ0) is 19.8. The fraction of sp³-hybridized carbons (Fsp3) is 0. The summed E-state index contributed by atoms with van der Waals surface area (Å²) in [6.45, 7) is 0. The lowest BCUT2D eigenvalue weighted by Crippen LogP contribution is -2.01. The summed E-state index contributed by atoms with van der Waals surface area (Å²) < 4.78 is 17.7. The van der Waals surface area contributed by atoms with E-state index in [0.29, 0.717) is 5.75 Å². The number of carbonyl (C=O) groups is 2. The van der Waals surface area contributed by atoms with Gasteiger partial charge in [0.15, 0.2) is 11.6 Å². The van der Waals surface area contributed by atoms with Gasteiger partial charge in [0, 0.05) is 6.20 Å². The third-order valence-corrected chi connectivity index (χ3v) is 3.15. The Balaban J connectivity index is 0.000000208. The summed E-state index contributed by atoms with van der Waals surface area (Å²) in [6, 6.07) is 14.8. The summed E-state index contributed by atoms with van der Waals surface area (Å²) in [6.07, 6.45) is 1.49. The monoisotopic (exact) mass is 371 g/mol. The number of aromatic carboxylic acids is 2. The molecule has 0 aliphatic heterocycles. The molecule has 0 amide bonds. The van der Waals surface area contributed by atoms with Crippen molar-refractivity contribution in [2.45, 2.75) is 0 Å². The molecular weight excluding hydrogens is 357 g/mol. The second kappa shape index (κ2) is 8.95. The first-order chi connectivity index (χ1) is 12.9. The number of nitrogens with zero attached hydrogens (tertiary/aromatic N) is 1. The zero-order valence-corrected chi connectivity index (χ0v) is 13.7. The van der Waals surface area contributed by atoms with Gasteiger partial charge in [-0.2, -0.15) is 0 Å². The average molecular weight is 371 g/mol. The minimum Gasteiger partial charge on any atom is -0.505 e. The molecule has 0 atom stereocenters. The van der Waals surface area contributed by atoms with Crippen LogP contribution in [0.15, 0.2) is 66.9 Å². The zero-order valence-electron chi connectivity index (χ0n) is 13.7. The molecule has 1 heterocycles. The number of aromatic nitrogens is 1. The Morgan fingerprint density at radius 3 is 2.22 bits per heavy atom. The molecule has 0 fully saturated rings. The highest BCUT2D eigenvalue weighted by molar-refractivity contribution is 5.90. The third kappa shape index (κ3) is 5.53. The Morgan fingerprint density at radius 2 is 1.63 bits per heavy atom. The lowest BCUT2D eigenvalue weighted by molar-refractivity contribution is 0.0683. The average Bonchev–Trinajstić information content (AvgIpc) is 2.65. The van der Waals surface area contributed by atoms with Crippen molar-refractivity contribution in [3.05, 3.63) is 83.8 Å². The predicted octanol–water partition coefficient (Wildman–Crippen LogP) is 3.80. The van der Waals surface area contributed by atoms with E-state index in [1.165, 1.54) is 12.3 Å². The molecule has 8 heteroatoms. The largest absolute Gasteiger partial charge is 0.505 e. The normalized spacial score (nSPS) is 9.67. The summed E-state index contributed by atoms with van der Waals surface area (Å²) in [5, 5.41) is 26.0. The summed E-state index contributed by atoms with van der Waals surface area (Å²) in [5.74, 6) is -3.07. The fourth-order valence-electron chi connectivity index (χ4n) is 1.88. The molecule has 27 heavy (non-hydrogen) atoms. The van der Waals surface area contributed by atoms with Crippen LogP contribution in [0.3, 0.4) is 0 Å². The van der Waals surface area contributed by atoms with Gasteiger partial charge < -0.3 is 20.1 Å². The van der Waals surface area contributed by atoms with Gasteiger partial charge in [0.05, 0.1) is 5.56 Å². The topological polar surface area (TPSA) is 117 Å². The highest BCUT2D eigenvalue weighted by atomic mass is 19.1. The van der Waals surface area contributed by atoms with E-state index in [1.54, 1.807) is 30.3 Å². The third-order valence-electron chi connectivity index (χ3n) is 3.15. The molecule has 3 N–H and O–H groups in total. The van der Waals surface area contributed by atoms with Crippen LogP contribution in [0.5, 0.6) is 17.4 Å². The van der Waals surface area contributed by atoms with Gasteiger partial charge in [-0.25, -0.2) is 19.0 Å². The van der Waals surface area contributed by atoms with Crippen LogP contribution in [0.4, 0.5) is 4.39 Å². The van der Waals surface area contributed by atoms with Crippen LogP contribution < -0.4 is 4.74 Å². The van der Waals surface area contributed by atoms with Gasteiger partial charge >= 0.3 is 11.9 Å². The molecule has 2 aromatic carbocycles. The maximum absolute atomic E-state index is 12.3. The number of rotatable bonds is 4. The molecule has 0 aliphatic rings. The smallest absolute Gasteiger partial charge is 0.341 e. The number of phenolic OH excluding ortho intramolecular Hbond substituents is 1. The number of aromatic hydroxyl groups is 1. The number of halogens is 1. The first-order valence-electron chi connectivity index (χ1n) is 7.51. The van der Waals surface area contributed by atoms with Crippen molar-refractivity contribution in [2.24, 2.45) is 0 Å². The maximum atomic E-state index is 12.3. The standard InChI is InChI=1S/C12H9NO3.C7H5FO3/c14-12(15)10-7-4-8-13-11(10)16-9-5-2-1-3-6-9;8-5-2-1-4(7(10)11)3-6(5)9/h1-8H,(H,14,15);1-3,9H,(H,10,11). The van der Waals surface area contributed by atoms with Crippen LogP contribution in [-0.2, 0) is 0 Å². The number of para-hydroxylation sites is 1. The summed E-state index contributed by atoms with van der Waals surface area (Å²) >= 11 is 0.